The molecule has 0 bridgehead atoms. The minimum atomic E-state index is 0.0237. The van der Waals surface area contributed by atoms with E-state index in [1.54, 1.807) is 16.4 Å². The van der Waals surface area contributed by atoms with E-state index in [4.69, 9.17) is 21.4 Å². The van der Waals surface area contributed by atoms with Crippen molar-refractivity contribution < 1.29 is 4.74 Å². The summed E-state index contributed by atoms with van der Waals surface area (Å²) in [6.45, 7) is 4.30. The summed E-state index contributed by atoms with van der Waals surface area (Å²) in [5.74, 6) is 1.25. The van der Waals surface area contributed by atoms with Gasteiger partial charge in [0.15, 0.2) is 5.82 Å². The van der Waals surface area contributed by atoms with Crippen molar-refractivity contribution >= 4 is 29.1 Å². The summed E-state index contributed by atoms with van der Waals surface area (Å²) < 4.78 is 7.74. The molecule has 0 N–H and O–H groups in total. The molecule has 0 aliphatic carbocycles. The fourth-order valence-corrected chi connectivity index (χ4v) is 4.84. The third-order valence-electron chi connectivity index (χ3n) is 5.25. The highest BCUT2D eigenvalue weighted by Gasteiger charge is 2.30. The third kappa shape index (κ3) is 4.16. The first-order chi connectivity index (χ1) is 15.6. The van der Waals surface area contributed by atoms with Crippen molar-refractivity contribution in [1.82, 2.24) is 14.9 Å². The zero-order chi connectivity index (χ0) is 22.1. The highest BCUT2D eigenvalue weighted by molar-refractivity contribution is 8.00. The third-order valence-corrected chi connectivity index (χ3v) is 6.76. The Labute approximate surface area is 196 Å². The molecule has 2 heterocycles. The molecule has 0 fully saturated rings. The molecular formula is C25H21ClN4OS. The van der Waals surface area contributed by atoms with E-state index in [1.807, 2.05) is 43.3 Å². The molecule has 4 aromatic rings. The molecule has 5 rings (SSSR count). The number of fused-ring (bicyclic) bond motifs is 1. The molecule has 0 saturated heterocycles. The maximum absolute atomic E-state index is 6.28. The van der Waals surface area contributed by atoms with Crippen molar-refractivity contribution in [2.45, 2.75) is 30.9 Å². The number of ether oxygens (including phenoxy) is 1. The van der Waals surface area contributed by atoms with E-state index in [9.17, 15) is 0 Å². The van der Waals surface area contributed by atoms with Gasteiger partial charge in [0.1, 0.15) is 12.4 Å². The van der Waals surface area contributed by atoms with Crippen molar-refractivity contribution in [2.75, 3.05) is 0 Å². The predicted octanol–water partition coefficient (Wildman–Crippen LogP) is 6.23. The second-order valence-electron chi connectivity index (χ2n) is 7.69. The van der Waals surface area contributed by atoms with Crippen molar-refractivity contribution in [3.05, 3.63) is 106 Å². The Morgan fingerprint density at radius 3 is 2.47 bits per heavy atom. The van der Waals surface area contributed by atoms with E-state index in [1.165, 1.54) is 11.1 Å². The average Bonchev–Trinajstić information content (AvgIpc) is 3.22. The van der Waals surface area contributed by atoms with Gasteiger partial charge in [-0.2, -0.15) is 9.78 Å². The second-order valence-corrected chi connectivity index (χ2v) is 9.17. The van der Waals surface area contributed by atoms with Crippen molar-refractivity contribution in [3.63, 3.8) is 0 Å². The van der Waals surface area contributed by atoms with Gasteiger partial charge in [-0.25, -0.2) is 0 Å². The van der Waals surface area contributed by atoms with Crippen LogP contribution in [-0.4, -0.2) is 20.6 Å². The molecule has 3 aromatic carbocycles. The molecular weight excluding hydrogens is 440 g/mol. The molecule has 32 heavy (non-hydrogen) atoms. The number of nitrogens with zero attached hydrogens (tertiary/aromatic N) is 4. The van der Waals surface area contributed by atoms with Crippen LogP contribution in [0, 0.1) is 13.8 Å². The van der Waals surface area contributed by atoms with E-state index in [0.29, 0.717) is 16.6 Å². The van der Waals surface area contributed by atoms with Gasteiger partial charge >= 0.3 is 0 Å². The molecule has 5 nitrogen and oxygen atoms in total. The Kier molecular flexibility index (Phi) is 5.72. The first kappa shape index (κ1) is 20.8. The SMILES string of the molecule is Cc1ccc(C2=Nn3c(COc4cc(C)ccc4Cl)nnc3SC2c2ccccc2)cc1. The molecule has 160 valence electrons. The van der Waals surface area contributed by atoms with Crippen LogP contribution in [0.4, 0.5) is 0 Å². The monoisotopic (exact) mass is 460 g/mol. The molecule has 0 radical (unpaired) electrons. The lowest BCUT2D eigenvalue weighted by molar-refractivity contribution is 0.290. The Balaban J connectivity index is 1.51. The van der Waals surface area contributed by atoms with Gasteiger partial charge in [0.2, 0.25) is 5.16 Å². The minimum Gasteiger partial charge on any atom is -0.484 e. The van der Waals surface area contributed by atoms with E-state index < -0.39 is 0 Å². The first-order valence-corrected chi connectivity index (χ1v) is 11.5. The summed E-state index contributed by atoms with van der Waals surface area (Å²) in [6.07, 6.45) is 0. The number of hydrogen-bond donors (Lipinski definition) is 0. The van der Waals surface area contributed by atoms with Gasteiger partial charge in [-0.05, 0) is 42.7 Å². The standard InChI is InChI=1S/C25H21ClN4OS/c1-16-8-11-18(12-9-16)23-24(19-6-4-3-5-7-19)32-25-28-27-22(30(25)29-23)15-31-21-14-17(2)10-13-20(21)26/h3-14,24H,15H2,1-2H3. The van der Waals surface area contributed by atoms with Gasteiger partial charge in [0.25, 0.3) is 0 Å². The summed E-state index contributed by atoms with van der Waals surface area (Å²) in [6, 6.07) is 24.5. The lowest BCUT2D eigenvalue weighted by atomic mass is 10.0. The maximum atomic E-state index is 6.28. The van der Waals surface area contributed by atoms with Crippen LogP contribution < -0.4 is 4.74 Å². The van der Waals surface area contributed by atoms with Crippen LogP contribution in [-0.2, 0) is 6.61 Å². The zero-order valence-corrected chi connectivity index (χ0v) is 19.3. The van der Waals surface area contributed by atoms with Gasteiger partial charge in [-0.1, -0.05) is 89.6 Å². The highest BCUT2D eigenvalue weighted by Crippen LogP contribution is 2.41. The first-order valence-electron chi connectivity index (χ1n) is 10.3. The number of aromatic nitrogens is 3. The highest BCUT2D eigenvalue weighted by atomic mass is 35.5. The molecule has 0 saturated carbocycles. The van der Waals surface area contributed by atoms with Crippen LogP contribution in [0.2, 0.25) is 5.02 Å². The smallest absolute Gasteiger partial charge is 0.213 e. The van der Waals surface area contributed by atoms with E-state index in [-0.39, 0.29) is 11.9 Å². The minimum absolute atomic E-state index is 0.0237. The van der Waals surface area contributed by atoms with E-state index >= 15 is 0 Å². The van der Waals surface area contributed by atoms with Gasteiger partial charge < -0.3 is 4.74 Å². The van der Waals surface area contributed by atoms with Crippen LogP contribution in [0.15, 0.2) is 83.1 Å². The second kappa shape index (κ2) is 8.81. The number of benzene rings is 3. The van der Waals surface area contributed by atoms with Gasteiger partial charge in [0.05, 0.1) is 16.0 Å². The summed E-state index contributed by atoms with van der Waals surface area (Å²) in [5, 5.41) is 15.1. The molecule has 1 aliphatic heterocycles. The molecule has 1 aliphatic rings. The maximum Gasteiger partial charge on any atom is 0.213 e. The zero-order valence-electron chi connectivity index (χ0n) is 17.7. The summed E-state index contributed by atoms with van der Waals surface area (Å²) in [7, 11) is 0. The lowest BCUT2D eigenvalue weighted by Gasteiger charge is -2.23. The van der Waals surface area contributed by atoms with Crippen LogP contribution in [0.1, 0.15) is 33.3 Å². The Morgan fingerprint density at radius 2 is 1.69 bits per heavy atom. The van der Waals surface area contributed by atoms with E-state index in [2.05, 4.69) is 53.5 Å². The van der Waals surface area contributed by atoms with Crippen LogP contribution >= 0.6 is 23.4 Å². The molecule has 0 amide bonds. The number of rotatable bonds is 5. The van der Waals surface area contributed by atoms with Crippen LogP contribution in [0.5, 0.6) is 5.75 Å². The summed E-state index contributed by atoms with van der Waals surface area (Å²) in [5.41, 5.74) is 5.50. The average molecular weight is 461 g/mol. The largest absolute Gasteiger partial charge is 0.484 e. The summed E-state index contributed by atoms with van der Waals surface area (Å²) in [4.78, 5) is 0. The van der Waals surface area contributed by atoms with Crippen LogP contribution in [0.25, 0.3) is 0 Å². The van der Waals surface area contributed by atoms with Crippen molar-refractivity contribution in [1.29, 1.82) is 0 Å². The molecule has 1 unspecified atom stereocenters. The van der Waals surface area contributed by atoms with Gasteiger partial charge in [0, 0.05) is 0 Å². The predicted molar refractivity (Wildman–Crippen MR) is 129 cm³/mol. The normalized spacial score (nSPS) is 15.2. The topological polar surface area (TPSA) is 52.3 Å². The Bertz CT molecular complexity index is 1290. The number of halogens is 1. The van der Waals surface area contributed by atoms with Gasteiger partial charge in [-0.3, -0.25) is 0 Å². The van der Waals surface area contributed by atoms with Gasteiger partial charge in [-0.15, -0.1) is 10.2 Å². The lowest BCUT2D eigenvalue weighted by Crippen LogP contribution is -2.19. The Morgan fingerprint density at radius 1 is 0.938 bits per heavy atom. The fourth-order valence-electron chi connectivity index (χ4n) is 3.53. The molecule has 1 aromatic heterocycles. The summed E-state index contributed by atoms with van der Waals surface area (Å²) >= 11 is 7.93. The number of thioether (sulfide) groups is 1. The molecule has 0 spiro atoms. The number of hydrogen-bond acceptors (Lipinski definition) is 5. The van der Waals surface area contributed by atoms with E-state index in [0.717, 1.165) is 22.0 Å². The fraction of sp³-hybridized carbons (Fsp3) is 0.160. The Hall–Kier alpha value is -3.09. The quantitative estimate of drug-likeness (QED) is 0.354. The molecule has 7 heteroatoms. The number of aryl methyl sites for hydroxylation is 2. The van der Waals surface area contributed by atoms with Crippen molar-refractivity contribution in [3.8, 4) is 5.75 Å². The van der Waals surface area contributed by atoms with Crippen LogP contribution in [0.3, 0.4) is 0 Å². The molecule has 1 atom stereocenters. The van der Waals surface area contributed by atoms with Crippen molar-refractivity contribution in [2.24, 2.45) is 5.10 Å².